The normalized spacial score (nSPS) is 32.9. The Labute approximate surface area is 255 Å². The molecule has 5 unspecified atom stereocenters. The van der Waals surface area contributed by atoms with Gasteiger partial charge in [-0.05, 0) is 36.9 Å². The van der Waals surface area contributed by atoms with Crippen molar-refractivity contribution in [1.82, 2.24) is 0 Å². The molecule has 45 heavy (non-hydrogen) atoms. The summed E-state index contributed by atoms with van der Waals surface area (Å²) in [7, 11) is 4.90. The highest BCUT2D eigenvalue weighted by Gasteiger charge is 2.73. The fourth-order valence-corrected chi connectivity index (χ4v) is 6.42. The number of fused-ring (bicyclic) bond motifs is 3. The molecule has 3 aliphatic rings. The van der Waals surface area contributed by atoms with Gasteiger partial charge in [0.1, 0.15) is 41.1 Å². The lowest BCUT2D eigenvalue weighted by Crippen LogP contribution is -2.76. The zero-order chi connectivity index (χ0) is 33.3. The first kappa shape index (κ1) is 32.4. The van der Waals surface area contributed by atoms with Crippen molar-refractivity contribution in [3.05, 3.63) is 46.2 Å². The second kappa shape index (κ2) is 11.1. The highest BCUT2D eigenvalue weighted by Crippen LogP contribution is 2.49. The summed E-state index contributed by atoms with van der Waals surface area (Å²) in [6.45, 7) is 3.03. The SMILES string of the molecule is COC(=O)c1c(OC2OC(C)C(OC)C(OC)C2O)cc2cc3c(c(O)c2c1C)C(=O)[C@]1(O)C(=O)C=C(OC)[C@@H](O)[C@]1(O)C3=O. The lowest BCUT2D eigenvalue weighted by Gasteiger charge is -2.47. The molecule has 0 aromatic heterocycles. The number of aromatic hydroxyl groups is 1. The van der Waals surface area contributed by atoms with E-state index < -0.39 is 94.0 Å². The molecular weight excluding hydrogens is 600 g/mol. The van der Waals surface area contributed by atoms with E-state index in [0.717, 1.165) is 20.3 Å². The maximum atomic E-state index is 13.8. The molecule has 2 aliphatic carbocycles. The third-order valence-electron chi connectivity index (χ3n) is 8.77. The van der Waals surface area contributed by atoms with Crippen molar-refractivity contribution in [1.29, 1.82) is 0 Å². The second-order valence-electron chi connectivity index (χ2n) is 11.0. The smallest absolute Gasteiger partial charge is 0.341 e. The van der Waals surface area contributed by atoms with Gasteiger partial charge in [0.25, 0.3) is 0 Å². The molecular formula is C30H32O15. The van der Waals surface area contributed by atoms with Gasteiger partial charge in [0.05, 0.1) is 25.9 Å². The quantitative estimate of drug-likeness (QED) is 0.199. The van der Waals surface area contributed by atoms with Crippen LogP contribution in [0, 0.1) is 6.92 Å². The highest BCUT2D eigenvalue weighted by molar-refractivity contribution is 6.35. The molecule has 1 fully saturated rings. The van der Waals surface area contributed by atoms with Gasteiger partial charge in [0, 0.05) is 31.2 Å². The molecule has 8 atom stereocenters. The lowest BCUT2D eigenvalue weighted by atomic mass is 9.60. The molecule has 1 aliphatic heterocycles. The van der Waals surface area contributed by atoms with Crippen LogP contribution in [0.4, 0.5) is 0 Å². The monoisotopic (exact) mass is 632 g/mol. The third-order valence-corrected chi connectivity index (χ3v) is 8.77. The van der Waals surface area contributed by atoms with Gasteiger partial charge in [-0.3, -0.25) is 14.4 Å². The van der Waals surface area contributed by atoms with Gasteiger partial charge in [-0.25, -0.2) is 4.79 Å². The van der Waals surface area contributed by atoms with Crippen LogP contribution in [0.25, 0.3) is 10.8 Å². The molecule has 0 spiro atoms. The molecule has 0 saturated carbocycles. The largest absolute Gasteiger partial charge is 0.507 e. The zero-order valence-corrected chi connectivity index (χ0v) is 25.0. The Bertz CT molecular complexity index is 1660. The summed E-state index contributed by atoms with van der Waals surface area (Å²) < 4.78 is 32.4. The fourth-order valence-electron chi connectivity index (χ4n) is 6.42. The Hall–Kier alpha value is -3.96. The molecule has 2 aromatic carbocycles. The van der Waals surface area contributed by atoms with Crippen LogP contribution in [0.5, 0.6) is 11.5 Å². The summed E-state index contributed by atoms with van der Waals surface area (Å²) in [5.74, 6) is -7.16. The Morgan fingerprint density at radius 2 is 1.62 bits per heavy atom. The van der Waals surface area contributed by atoms with E-state index in [0.29, 0.717) is 6.08 Å². The predicted molar refractivity (Wildman–Crippen MR) is 149 cm³/mol. The van der Waals surface area contributed by atoms with E-state index in [4.69, 9.17) is 28.4 Å². The van der Waals surface area contributed by atoms with Crippen molar-refractivity contribution >= 4 is 34.1 Å². The van der Waals surface area contributed by atoms with E-state index in [1.54, 1.807) is 6.92 Å². The van der Waals surface area contributed by atoms with Crippen molar-refractivity contribution < 1.29 is 73.1 Å². The molecule has 5 rings (SSSR count). The number of benzene rings is 2. The number of methoxy groups -OCH3 is 4. The maximum Gasteiger partial charge on any atom is 0.341 e. The Kier molecular flexibility index (Phi) is 8.02. The van der Waals surface area contributed by atoms with Crippen LogP contribution in [-0.2, 0) is 28.5 Å². The lowest BCUT2D eigenvalue weighted by molar-refractivity contribution is -0.277. The minimum atomic E-state index is -3.52. The van der Waals surface area contributed by atoms with E-state index in [2.05, 4.69) is 0 Å². The molecule has 15 heteroatoms. The molecule has 2 aromatic rings. The molecule has 5 N–H and O–H groups in total. The summed E-state index contributed by atoms with van der Waals surface area (Å²) in [5.41, 5.74) is -8.69. The molecule has 1 heterocycles. The summed E-state index contributed by atoms with van der Waals surface area (Å²) in [6, 6.07) is 2.26. The van der Waals surface area contributed by atoms with Gasteiger partial charge < -0.3 is 54.0 Å². The fraction of sp³-hybridized carbons (Fsp3) is 0.467. The Morgan fingerprint density at radius 3 is 2.20 bits per heavy atom. The number of hydrogen-bond donors (Lipinski definition) is 5. The first-order valence-corrected chi connectivity index (χ1v) is 13.6. The first-order valence-electron chi connectivity index (χ1n) is 13.6. The summed E-state index contributed by atoms with van der Waals surface area (Å²) >= 11 is 0. The average molecular weight is 633 g/mol. The topological polar surface area (TPSA) is 225 Å². The number of hydrogen-bond acceptors (Lipinski definition) is 15. The summed E-state index contributed by atoms with van der Waals surface area (Å²) in [5, 5.41) is 55.7. The number of carbonyl (C=O) groups is 4. The number of aryl methyl sites for hydroxylation is 1. The first-order chi connectivity index (χ1) is 21.1. The van der Waals surface area contributed by atoms with Crippen LogP contribution in [-0.4, -0.2) is 125 Å². The number of aliphatic hydroxyl groups is 4. The predicted octanol–water partition coefficient (Wildman–Crippen LogP) is -0.530. The molecule has 15 nitrogen and oxygen atoms in total. The second-order valence-corrected chi connectivity index (χ2v) is 11.0. The van der Waals surface area contributed by atoms with Crippen molar-refractivity contribution in [2.45, 2.75) is 61.9 Å². The van der Waals surface area contributed by atoms with Gasteiger partial charge in [-0.15, -0.1) is 0 Å². The van der Waals surface area contributed by atoms with E-state index in [1.165, 1.54) is 27.2 Å². The highest BCUT2D eigenvalue weighted by atomic mass is 16.7. The van der Waals surface area contributed by atoms with Crippen molar-refractivity contribution in [3.63, 3.8) is 0 Å². The van der Waals surface area contributed by atoms with Gasteiger partial charge >= 0.3 is 5.97 Å². The number of rotatable bonds is 6. The van der Waals surface area contributed by atoms with Crippen molar-refractivity contribution in [2.24, 2.45) is 0 Å². The Balaban J connectivity index is 1.73. The molecule has 0 bridgehead atoms. The number of ether oxygens (including phenoxy) is 6. The maximum absolute atomic E-state index is 13.8. The number of phenolic OH excluding ortho intramolecular Hbond substituents is 1. The number of phenols is 1. The number of esters is 1. The van der Waals surface area contributed by atoms with Gasteiger partial charge in [-0.1, -0.05) is 0 Å². The number of aliphatic hydroxyl groups excluding tert-OH is 2. The average Bonchev–Trinajstić information content (AvgIpc) is 3.01. The zero-order valence-electron chi connectivity index (χ0n) is 25.0. The number of ketones is 3. The molecule has 242 valence electrons. The number of Topliss-reactive ketones (excluding diaryl/α,β-unsaturated/α-hetero) is 2. The molecule has 0 amide bonds. The Morgan fingerprint density at radius 1 is 0.978 bits per heavy atom. The van der Waals surface area contributed by atoms with Gasteiger partial charge in [-0.2, -0.15) is 0 Å². The van der Waals surface area contributed by atoms with E-state index in [1.807, 2.05) is 0 Å². The van der Waals surface area contributed by atoms with Crippen LogP contribution < -0.4 is 4.74 Å². The third kappa shape index (κ3) is 4.23. The van der Waals surface area contributed by atoms with E-state index >= 15 is 0 Å². The number of carbonyl (C=O) groups excluding carboxylic acids is 4. The van der Waals surface area contributed by atoms with Crippen molar-refractivity contribution in [2.75, 3.05) is 28.4 Å². The minimum Gasteiger partial charge on any atom is -0.507 e. The van der Waals surface area contributed by atoms with Gasteiger partial charge in [0.2, 0.25) is 34.8 Å². The molecule has 1 saturated heterocycles. The van der Waals surface area contributed by atoms with E-state index in [-0.39, 0.29) is 27.6 Å². The van der Waals surface area contributed by atoms with Gasteiger partial charge in [0.15, 0.2) is 6.10 Å². The summed E-state index contributed by atoms with van der Waals surface area (Å²) in [4.78, 5) is 53.5. The van der Waals surface area contributed by atoms with Crippen LogP contribution in [0.2, 0.25) is 0 Å². The minimum absolute atomic E-state index is 0.0165. The van der Waals surface area contributed by atoms with Crippen LogP contribution in [0.15, 0.2) is 24.0 Å². The van der Waals surface area contributed by atoms with Crippen LogP contribution in [0.1, 0.15) is 43.6 Å². The van der Waals surface area contributed by atoms with Crippen LogP contribution >= 0.6 is 0 Å². The standard InChI is InChI=1S/C30H32O15/c1-10-17-12(8-14(18(10)27(37)43-6)45-28-21(33)23(42-5)22(41-4)11(2)44-28)7-13-19(20(17)32)26(36)29(38)16(31)9-15(40-3)25(35)30(29,39)24(13)34/h7-9,11,21-23,25,28,32-33,35,38-39H,1-6H3/t11?,21?,22?,23?,25-,28?,29-,30-/m1/s1. The van der Waals surface area contributed by atoms with Crippen molar-refractivity contribution in [3.8, 4) is 11.5 Å². The van der Waals surface area contributed by atoms with E-state index in [9.17, 15) is 44.7 Å². The van der Waals surface area contributed by atoms with Crippen LogP contribution in [0.3, 0.4) is 0 Å². The molecule has 0 radical (unpaired) electrons. The summed E-state index contributed by atoms with van der Waals surface area (Å²) in [6.07, 6.45) is -6.82.